The molecule has 0 radical (unpaired) electrons. The van der Waals surface area contributed by atoms with Gasteiger partial charge in [-0.2, -0.15) is 0 Å². The van der Waals surface area contributed by atoms with Crippen LogP contribution in [0.1, 0.15) is 30.8 Å². The highest BCUT2D eigenvalue weighted by Crippen LogP contribution is 2.12. The van der Waals surface area contributed by atoms with Gasteiger partial charge in [0.15, 0.2) is 5.78 Å². The quantitative estimate of drug-likeness (QED) is 0.547. The fraction of sp³-hybridized carbons (Fsp3) is 0.444. The number of ketones is 1. The molecule has 0 amide bonds. The highest BCUT2D eigenvalue weighted by Gasteiger charge is 2.04. The first-order valence-corrected chi connectivity index (χ1v) is 5.24. The Morgan fingerprint density at radius 3 is 2.62 bits per heavy atom. The van der Waals surface area contributed by atoms with Crippen LogP contribution in [0.15, 0.2) is 17.4 Å². The third-order valence-corrected chi connectivity index (χ3v) is 2.32. The predicted octanol–water partition coefficient (Wildman–Crippen LogP) is 2.18. The van der Waals surface area contributed by atoms with E-state index in [0.29, 0.717) is 12.1 Å². The second-order valence-corrected chi connectivity index (χ2v) is 3.73. The zero-order chi connectivity index (χ0) is 9.68. The van der Waals surface area contributed by atoms with Gasteiger partial charge in [0.25, 0.3) is 0 Å². The Morgan fingerprint density at radius 1 is 1.38 bits per heavy atom. The molecule has 0 saturated carbocycles. The molecule has 4 heteroatoms. The van der Waals surface area contributed by atoms with Crippen molar-refractivity contribution < 1.29 is 4.79 Å². The van der Waals surface area contributed by atoms with E-state index in [-0.39, 0.29) is 5.78 Å². The second kappa shape index (κ2) is 4.97. The number of rotatable bonds is 4. The molecule has 0 fully saturated rings. The van der Waals surface area contributed by atoms with Gasteiger partial charge in [-0.3, -0.25) is 4.79 Å². The normalized spacial score (nSPS) is 10.0. The molecule has 3 nitrogen and oxygen atoms in total. The molecule has 0 aliphatic heterocycles. The Kier molecular flexibility index (Phi) is 3.89. The number of aromatic nitrogens is 2. The van der Waals surface area contributed by atoms with Gasteiger partial charge in [-0.05, 0) is 5.75 Å². The molecule has 0 bridgehead atoms. The average molecular weight is 196 g/mol. The Bertz CT molecular complexity index is 284. The number of hydrogen-bond donors (Lipinski definition) is 0. The maximum Gasteiger partial charge on any atom is 0.182 e. The van der Waals surface area contributed by atoms with Crippen molar-refractivity contribution in [3.05, 3.63) is 18.1 Å². The second-order valence-electron chi connectivity index (χ2n) is 2.45. The van der Waals surface area contributed by atoms with Gasteiger partial charge in [-0.15, -0.1) is 11.8 Å². The maximum atomic E-state index is 11.2. The Morgan fingerprint density at radius 2 is 2.15 bits per heavy atom. The molecule has 0 atom stereocenters. The molecule has 1 aromatic heterocycles. The average Bonchev–Trinajstić information content (AvgIpc) is 2.18. The van der Waals surface area contributed by atoms with E-state index in [2.05, 4.69) is 16.9 Å². The van der Waals surface area contributed by atoms with E-state index in [4.69, 9.17) is 0 Å². The summed E-state index contributed by atoms with van der Waals surface area (Å²) in [6.07, 6.45) is 3.68. The molecule has 0 spiro atoms. The van der Waals surface area contributed by atoms with Gasteiger partial charge in [0.05, 0.1) is 12.4 Å². The summed E-state index contributed by atoms with van der Waals surface area (Å²) in [4.78, 5) is 19.3. The topological polar surface area (TPSA) is 42.9 Å². The minimum atomic E-state index is 0.0422. The van der Waals surface area contributed by atoms with Crippen molar-refractivity contribution in [3.63, 3.8) is 0 Å². The maximum absolute atomic E-state index is 11.2. The van der Waals surface area contributed by atoms with Crippen molar-refractivity contribution in [3.8, 4) is 0 Å². The number of carbonyl (C=O) groups is 1. The van der Waals surface area contributed by atoms with Crippen molar-refractivity contribution in [2.24, 2.45) is 0 Å². The summed E-state index contributed by atoms with van der Waals surface area (Å²) in [6, 6.07) is 0. The number of thioether (sulfide) groups is 1. The molecule has 0 aliphatic carbocycles. The van der Waals surface area contributed by atoms with Gasteiger partial charge in [-0.1, -0.05) is 13.8 Å². The molecule has 13 heavy (non-hydrogen) atoms. The first kappa shape index (κ1) is 10.2. The third kappa shape index (κ3) is 2.81. The predicted molar refractivity (Wildman–Crippen MR) is 53.1 cm³/mol. The Labute approximate surface area is 82.0 Å². The molecule has 0 N–H and O–H groups in total. The van der Waals surface area contributed by atoms with Crippen molar-refractivity contribution in [2.75, 3.05) is 5.75 Å². The lowest BCUT2D eigenvalue weighted by Gasteiger charge is -1.98. The minimum absolute atomic E-state index is 0.0422. The van der Waals surface area contributed by atoms with Gasteiger partial charge in [0.1, 0.15) is 10.7 Å². The first-order chi connectivity index (χ1) is 6.27. The van der Waals surface area contributed by atoms with E-state index >= 15 is 0 Å². The number of carbonyl (C=O) groups excluding carboxylic acids is 1. The largest absolute Gasteiger partial charge is 0.292 e. The zero-order valence-corrected chi connectivity index (χ0v) is 8.60. The van der Waals surface area contributed by atoms with Crippen LogP contribution in [0.2, 0.25) is 0 Å². The standard InChI is InChI=1S/C9H12N2OS/c1-3-8(12)7-5-11-9(6-10-7)13-4-2/h5-6H,3-4H2,1-2H3. The van der Waals surface area contributed by atoms with Crippen LogP contribution in [0, 0.1) is 0 Å². The summed E-state index contributed by atoms with van der Waals surface area (Å²) < 4.78 is 0. The fourth-order valence-electron chi connectivity index (χ4n) is 0.864. The minimum Gasteiger partial charge on any atom is -0.292 e. The van der Waals surface area contributed by atoms with Crippen LogP contribution < -0.4 is 0 Å². The lowest BCUT2D eigenvalue weighted by molar-refractivity contribution is 0.0983. The number of hydrogen-bond acceptors (Lipinski definition) is 4. The Balaban J connectivity index is 2.75. The molecule has 0 aliphatic rings. The first-order valence-electron chi connectivity index (χ1n) is 4.26. The molecule has 0 unspecified atom stereocenters. The highest BCUT2D eigenvalue weighted by molar-refractivity contribution is 7.99. The van der Waals surface area contributed by atoms with Gasteiger partial charge < -0.3 is 0 Å². The summed E-state index contributed by atoms with van der Waals surface area (Å²) in [6.45, 7) is 3.87. The zero-order valence-electron chi connectivity index (χ0n) is 7.78. The SMILES string of the molecule is CCSc1cnc(C(=O)CC)cn1. The molecule has 0 saturated heterocycles. The molecule has 0 aromatic carbocycles. The number of Topliss-reactive ketones (excluding diaryl/α,β-unsaturated/α-hetero) is 1. The van der Waals surface area contributed by atoms with Crippen LogP contribution >= 0.6 is 11.8 Å². The summed E-state index contributed by atoms with van der Waals surface area (Å²) in [5.74, 6) is 1.01. The monoisotopic (exact) mass is 196 g/mol. The highest BCUT2D eigenvalue weighted by atomic mass is 32.2. The summed E-state index contributed by atoms with van der Waals surface area (Å²) in [5, 5.41) is 0.871. The van der Waals surface area contributed by atoms with E-state index < -0.39 is 0 Å². The van der Waals surface area contributed by atoms with Gasteiger partial charge in [0.2, 0.25) is 0 Å². The van der Waals surface area contributed by atoms with E-state index in [9.17, 15) is 4.79 Å². The van der Waals surface area contributed by atoms with E-state index in [1.54, 1.807) is 24.2 Å². The fourth-order valence-corrected chi connectivity index (χ4v) is 1.41. The summed E-state index contributed by atoms with van der Waals surface area (Å²) >= 11 is 1.62. The summed E-state index contributed by atoms with van der Waals surface area (Å²) in [7, 11) is 0. The lowest BCUT2D eigenvalue weighted by Crippen LogP contribution is -2.00. The summed E-state index contributed by atoms with van der Waals surface area (Å²) in [5.41, 5.74) is 0.461. The van der Waals surface area contributed by atoms with Crippen LogP contribution in [-0.4, -0.2) is 21.5 Å². The molecule has 1 aromatic rings. The lowest BCUT2D eigenvalue weighted by atomic mass is 10.2. The van der Waals surface area contributed by atoms with Crippen LogP contribution in [0.25, 0.3) is 0 Å². The smallest absolute Gasteiger partial charge is 0.182 e. The van der Waals surface area contributed by atoms with Crippen LogP contribution in [0.5, 0.6) is 0 Å². The molecular formula is C9H12N2OS. The third-order valence-electron chi connectivity index (χ3n) is 1.53. The van der Waals surface area contributed by atoms with E-state index in [1.807, 2.05) is 6.92 Å². The van der Waals surface area contributed by atoms with Crippen molar-refractivity contribution in [2.45, 2.75) is 25.3 Å². The van der Waals surface area contributed by atoms with Crippen LogP contribution in [0.3, 0.4) is 0 Å². The molecular weight excluding hydrogens is 184 g/mol. The molecule has 1 heterocycles. The van der Waals surface area contributed by atoms with Crippen molar-refractivity contribution >= 4 is 17.5 Å². The van der Waals surface area contributed by atoms with Crippen molar-refractivity contribution in [1.82, 2.24) is 9.97 Å². The van der Waals surface area contributed by atoms with Gasteiger partial charge in [-0.25, -0.2) is 9.97 Å². The molecule has 1 rings (SSSR count). The molecule has 70 valence electrons. The van der Waals surface area contributed by atoms with Gasteiger partial charge in [0, 0.05) is 6.42 Å². The van der Waals surface area contributed by atoms with E-state index in [0.717, 1.165) is 10.8 Å². The van der Waals surface area contributed by atoms with Crippen LogP contribution in [-0.2, 0) is 0 Å². The Hall–Kier alpha value is -0.900. The number of nitrogens with zero attached hydrogens (tertiary/aromatic N) is 2. The van der Waals surface area contributed by atoms with Crippen LogP contribution in [0.4, 0.5) is 0 Å². The van der Waals surface area contributed by atoms with Gasteiger partial charge >= 0.3 is 0 Å². The van der Waals surface area contributed by atoms with E-state index in [1.165, 1.54) is 0 Å². The van der Waals surface area contributed by atoms with Crippen molar-refractivity contribution in [1.29, 1.82) is 0 Å².